The highest BCUT2D eigenvalue weighted by atomic mass is 79.9. The average Bonchev–Trinajstić information content (AvgIpc) is 2.39. The third kappa shape index (κ3) is 1.46. The van der Waals surface area contributed by atoms with Crippen LogP contribution in [0.5, 0.6) is 0 Å². The van der Waals surface area contributed by atoms with Crippen LogP contribution in [0.25, 0.3) is 21.9 Å². The third-order valence-electron chi connectivity index (χ3n) is 3.32. The molecule has 4 rings (SSSR count). The predicted molar refractivity (Wildman–Crippen MR) is 81.2 cm³/mol. The molecule has 0 saturated heterocycles. The van der Waals surface area contributed by atoms with E-state index in [2.05, 4.69) is 70.5 Å². The summed E-state index contributed by atoms with van der Waals surface area (Å²) in [5.41, 5.74) is 2.69. The van der Waals surface area contributed by atoms with E-state index in [4.69, 9.17) is 0 Å². The van der Waals surface area contributed by atoms with Gasteiger partial charge in [0.1, 0.15) is 0 Å². The van der Waals surface area contributed by atoms with Gasteiger partial charge in [0.15, 0.2) is 0 Å². The maximum atomic E-state index is 3.55. The van der Waals surface area contributed by atoms with Crippen molar-refractivity contribution in [2.24, 2.45) is 0 Å². The van der Waals surface area contributed by atoms with Gasteiger partial charge in [0, 0.05) is 19.6 Å². The van der Waals surface area contributed by atoms with Crippen molar-refractivity contribution >= 4 is 38.5 Å². The summed E-state index contributed by atoms with van der Waals surface area (Å²) in [5.74, 6) is 0. The van der Waals surface area contributed by atoms with Crippen LogP contribution in [0.15, 0.2) is 68.9 Å². The minimum Gasteiger partial charge on any atom is -0.0887 e. The van der Waals surface area contributed by atoms with Gasteiger partial charge in [-0.1, -0.05) is 64.1 Å². The lowest BCUT2D eigenvalue weighted by Crippen LogP contribution is -1.92. The van der Waals surface area contributed by atoms with E-state index in [-0.39, 0.29) is 0 Å². The Morgan fingerprint density at radius 1 is 0.778 bits per heavy atom. The summed E-state index contributed by atoms with van der Waals surface area (Å²) in [6.45, 7) is 0. The number of hydrogen-bond acceptors (Lipinski definition) is 1. The molecule has 0 saturated carbocycles. The van der Waals surface area contributed by atoms with Crippen molar-refractivity contribution in [1.82, 2.24) is 0 Å². The van der Waals surface area contributed by atoms with Gasteiger partial charge in [0.25, 0.3) is 0 Å². The molecule has 18 heavy (non-hydrogen) atoms. The number of hydrogen-bond donors (Lipinski definition) is 0. The van der Waals surface area contributed by atoms with Crippen LogP contribution in [-0.4, -0.2) is 0 Å². The van der Waals surface area contributed by atoms with Gasteiger partial charge in [-0.15, -0.1) is 0 Å². The van der Waals surface area contributed by atoms with Crippen molar-refractivity contribution in [2.75, 3.05) is 0 Å². The molecule has 0 bridgehead atoms. The molecule has 0 aliphatic carbocycles. The second-order valence-electron chi connectivity index (χ2n) is 4.40. The number of fused-ring (bicyclic) bond motifs is 2. The molecule has 1 aliphatic heterocycles. The molecule has 0 fully saturated rings. The third-order valence-corrected chi connectivity index (χ3v) is 4.93. The first kappa shape index (κ1) is 10.7. The van der Waals surface area contributed by atoms with Gasteiger partial charge >= 0.3 is 0 Å². The molecule has 1 aliphatic rings. The molecule has 3 aromatic carbocycles. The quantitative estimate of drug-likeness (QED) is 0.399. The zero-order chi connectivity index (χ0) is 12.1. The lowest BCUT2D eigenvalue weighted by Gasteiger charge is -2.20. The fraction of sp³-hybridized carbons (Fsp3) is 0. The summed E-state index contributed by atoms with van der Waals surface area (Å²) in [4.78, 5) is 2.68. The first-order chi connectivity index (χ1) is 8.83. The van der Waals surface area contributed by atoms with Gasteiger partial charge in [-0.05, 0) is 34.7 Å². The van der Waals surface area contributed by atoms with Crippen molar-refractivity contribution < 1.29 is 0 Å². The van der Waals surface area contributed by atoms with Crippen LogP contribution in [0, 0.1) is 0 Å². The van der Waals surface area contributed by atoms with E-state index in [0.29, 0.717) is 0 Å². The Bertz CT molecular complexity index is 772. The van der Waals surface area contributed by atoms with Crippen LogP contribution in [0.3, 0.4) is 0 Å². The minimum absolute atomic E-state index is 1.14. The Kier molecular flexibility index (Phi) is 2.29. The van der Waals surface area contributed by atoms with Crippen molar-refractivity contribution in [3.8, 4) is 11.1 Å². The molecule has 0 spiro atoms. The molecule has 0 atom stereocenters. The predicted octanol–water partition coefficient (Wildman–Crippen LogP) is 5.73. The van der Waals surface area contributed by atoms with E-state index in [1.165, 1.54) is 31.7 Å². The van der Waals surface area contributed by atoms with Crippen molar-refractivity contribution in [3.63, 3.8) is 0 Å². The normalized spacial score (nSPS) is 12.5. The van der Waals surface area contributed by atoms with E-state index in [1.54, 1.807) is 0 Å². The first-order valence-corrected chi connectivity index (χ1v) is 7.43. The zero-order valence-corrected chi connectivity index (χ0v) is 11.9. The molecular weight excluding hydrogens is 304 g/mol. The molecule has 0 amide bonds. The fourth-order valence-corrected chi connectivity index (χ4v) is 4.24. The molecule has 0 radical (unpaired) electrons. The van der Waals surface area contributed by atoms with Crippen LogP contribution in [0.4, 0.5) is 0 Å². The second-order valence-corrected chi connectivity index (χ2v) is 6.40. The minimum atomic E-state index is 1.14. The Hall–Kier alpha value is -1.25. The molecule has 1 heterocycles. The summed E-state index contributed by atoms with van der Waals surface area (Å²) >= 11 is 5.41. The molecule has 0 N–H and O–H groups in total. The van der Waals surface area contributed by atoms with E-state index < -0.39 is 0 Å². The number of benzene rings is 3. The maximum absolute atomic E-state index is 3.55. The van der Waals surface area contributed by atoms with Crippen LogP contribution in [0.2, 0.25) is 0 Å². The topological polar surface area (TPSA) is 0 Å². The summed E-state index contributed by atoms with van der Waals surface area (Å²) in [7, 11) is 0. The van der Waals surface area contributed by atoms with E-state index in [0.717, 1.165) is 4.47 Å². The Morgan fingerprint density at radius 3 is 2.50 bits per heavy atom. The molecule has 86 valence electrons. The summed E-state index contributed by atoms with van der Waals surface area (Å²) in [6.07, 6.45) is 0. The van der Waals surface area contributed by atoms with Gasteiger partial charge in [-0.3, -0.25) is 0 Å². The van der Waals surface area contributed by atoms with Crippen LogP contribution in [-0.2, 0) is 0 Å². The molecular formula is C16H9BrS. The van der Waals surface area contributed by atoms with Crippen molar-refractivity contribution in [2.45, 2.75) is 9.79 Å². The van der Waals surface area contributed by atoms with Crippen molar-refractivity contribution in [3.05, 3.63) is 59.1 Å². The smallest absolute Gasteiger partial charge is 0.0212 e. The standard InChI is InChI=1S/C16H9BrS/c17-11-7-8-12-13-5-1-3-10-4-2-6-14(16(10)13)18-15(12)9-11/h1-9H. The highest BCUT2D eigenvalue weighted by molar-refractivity contribution is 9.10. The van der Waals surface area contributed by atoms with Crippen LogP contribution >= 0.6 is 27.7 Å². The Balaban J connectivity index is 2.17. The van der Waals surface area contributed by atoms with Gasteiger partial charge in [0.05, 0.1) is 0 Å². The lowest BCUT2D eigenvalue weighted by atomic mass is 9.98. The largest absolute Gasteiger partial charge is 0.0887 e. The Labute approximate surface area is 118 Å². The highest BCUT2D eigenvalue weighted by Crippen LogP contribution is 2.48. The first-order valence-electron chi connectivity index (χ1n) is 5.82. The molecule has 0 nitrogen and oxygen atoms in total. The monoisotopic (exact) mass is 312 g/mol. The van der Waals surface area contributed by atoms with Crippen molar-refractivity contribution in [1.29, 1.82) is 0 Å². The van der Waals surface area contributed by atoms with Gasteiger partial charge in [0.2, 0.25) is 0 Å². The van der Waals surface area contributed by atoms with Crippen LogP contribution in [0.1, 0.15) is 0 Å². The highest BCUT2D eigenvalue weighted by Gasteiger charge is 2.18. The lowest BCUT2D eigenvalue weighted by molar-refractivity contribution is 1.38. The van der Waals surface area contributed by atoms with Gasteiger partial charge < -0.3 is 0 Å². The van der Waals surface area contributed by atoms with Gasteiger partial charge in [-0.25, -0.2) is 0 Å². The zero-order valence-electron chi connectivity index (χ0n) is 9.48. The number of halogens is 1. The van der Waals surface area contributed by atoms with Crippen LogP contribution < -0.4 is 0 Å². The Morgan fingerprint density at radius 2 is 1.61 bits per heavy atom. The maximum Gasteiger partial charge on any atom is 0.0212 e. The van der Waals surface area contributed by atoms with E-state index >= 15 is 0 Å². The summed E-state index contributed by atoms with van der Waals surface area (Å²) < 4.78 is 1.14. The average molecular weight is 313 g/mol. The summed E-state index contributed by atoms with van der Waals surface area (Å²) in [6, 6.07) is 19.6. The molecule has 2 heteroatoms. The second kappa shape index (κ2) is 3.87. The van der Waals surface area contributed by atoms with Gasteiger partial charge in [-0.2, -0.15) is 0 Å². The SMILES string of the molecule is Brc1ccc2c(c1)Sc1cccc3cccc-2c13. The number of rotatable bonds is 0. The molecule has 0 aromatic heterocycles. The van der Waals surface area contributed by atoms with E-state index in [9.17, 15) is 0 Å². The summed E-state index contributed by atoms with van der Waals surface area (Å²) in [5, 5.41) is 2.71. The fourth-order valence-electron chi connectivity index (χ4n) is 2.54. The molecule has 0 unspecified atom stereocenters. The molecule has 3 aromatic rings. The van der Waals surface area contributed by atoms with E-state index in [1.807, 2.05) is 11.8 Å².